The van der Waals surface area contributed by atoms with E-state index in [9.17, 15) is 13.5 Å². The molecule has 1 fully saturated rings. The van der Waals surface area contributed by atoms with Crippen LogP contribution in [0, 0.1) is 13.8 Å². The number of nitrogens with one attached hydrogen (secondary N) is 2. The maximum atomic E-state index is 12.6. The molecule has 0 saturated heterocycles. The highest BCUT2D eigenvalue weighted by molar-refractivity contribution is 7.93. The number of pyridine rings is 2. The molecule has 0 atom stereocenters. The SMILES string of the molecule is Cc1noc(C)c1-c1cc(C(O)(c2ccccn2)c2ccccn2)c2nc(NS(=O)(=O)C3CC3)[nH]c2c1. The second-order valence-corrected chi connectivity index (χ2v) is 11.2. The van der Waals surface area contributed by atoms with Gasteiger partial charge in [-0.15, -0.1) is 0 Å². The van der Waals surface area contributed by atoms with Gasteiger partial charge in [0.25, 0.3) is 0 Å². The molecular formula is C26H24N6O4S. The summed E-state index contributed by atoms with van der Waals surface area (Å²) in [6, 6.07) is 14.2. The second kappa shape index (κ2) is 8.49. The highest BCUT2D eigenvalue weighted by Crippen LogP contribution is 2.41. The van der Waals surface area contributed by atoms with Gasteiger partial charge in [0.1, 0.15) is 5.76 Å². The van der Waals surface area contributed by atoms with Crippen molar-refractivity contribution in [1.82, 2.24) is 25.1 Å². The Morgan fingerprint density at radius 1 is 1.05 bits per heavy atom. The van der Waals surface area contributed by atoms with Crippen LogP contribution in [0.4, 0.5) is 5.95 Å². The third kappa shape index (κ3) is 3.96. The molecule has 0 unspecified atom stereocenters. The van der Waals surface area contributed by atoms with Crippen molar-refractivity contribution in [3.63, 3.8) is 0 Å². The third-order valence-electron chi connectivity index (χ3n) is 6.57. The molecule has 0 amide bonds. The van der Waals surface area contributed by atoms with E-state index in [1.54, 1.807) is 54.9 Å². The number of sulfonamides is 1. The van der Waals surface area contributed by atoms with Crippen molar-refractivity contribution in [2.75, 3.05) is 4.72 Å². The fourth-order valence-electron chi connectivity index (χ4n) is 4.64. The zero-order valence-corrected chi connectivity index (χ0v) is 21.0. The van der Waals surface area contributed by atoms with Crippen LogP contribution < -0.4 is 4.72 Å². The van der Waals surface area contributed by atoms with Crippen LogP contribution in [0.25, 0.3) is 22.2 Å². The number of imidazole rings is 1. The molecule has 10 nitrogen and oxygen atoms in total. The summed E-state index contributed by atoms with van der Waals surface area (Å²) in [7, 11) is -3.56. The molecule has 0 radical (unpaired) electrons. The molecule has 1 aliphatic carbocycles. The smallest absolute Gasteiger partial charge is 0.237 e. The first-order valence-electron chi connectivity index (χ1n) is 11.8. The minimum atomic E-state index is -3.56. The second-order valence-electron chi connectivity index (χ2n) is 9.19. The molecule has 5 aromatic rings. The summed E-state index contributed by atoms with van der Waals surface area (Å²) in [4.78, 5) is 16.6. The lowest BCUT2D eigenvalue weighted by atomic mass is 9.83. The van der Waals surface area contributed by atoms with Crippen LogP contribution in [0.2, 0.25) is 0 Å². The van der Waals surface area contributed by atoms with Gasteiger partial charge in [0.15, 0.2) is 5.60 Å². The fraction of sp³-hybridized carbons (Fsp3) is 0.231. The Hall–Kier alpha value is -4.09. The van der Waals surface area contributed by atoms with Gasteiger partial charge in [0.05, 0.1) is 33.4 Å². The maximum absolute atomic E-state index is 12.6. The zero-order chi connectivity index (χ0) is 25.8. The number of rotatable bonds is 7. The normalized spacial score (nSPS) is 14.2. The summed E-state index contributed by atoms with van der Waals surface area (Å²) in [5, 5.41) is 16.1. The molecule has 4 heterocycles. The molecule has 37 heavy (non-hydrogen) atoms. The van der Waals surface area contributed by atoms with Gasteiger partial charge < -0.3 is 14.6 Å². The molecule has 0 bridgehead atoms. The summed E-state index contributed by atoms with van der Waals surface area (Å²) >= 11 is 0. The molecule has 3 N–H and O–H groups in total. The highest BCUT2D eigenvalue weighted by atomic mass is 32.2. The van der Waals surface area contributed by atoms with E-state index in [0.717, 1.165) is 5.56 Å². The predicted molar refractivity (Wildman–Crippen MR) is 137 cm³/mol. The van der Waals surface area contributed by atoms with E-state index >= 15 is 0 Å². The molecule has 11 heteroatoms. The Balaban J connectivity index is 1.65. The van der Waals surface area contributed by atoms with E-state index in [1.165, 1.54) is 0 Å². The average Bonchev–Trinajstić information content (AvgIpc) is 3.62. The van der Waals surface area contributed by atoms with E-state index in [4.69, 9.17) is 4.52 Å². The first-order chi connectivity index (χ1) is 17.8. The Kier molecular flexibility index (Phi) is 5.35. The van der Waals surface area contributed by atoms with Gasteiger partial charge in [-0.3, -0.25) is 14.7 Å². The van der Waals surface area contributed by atoms with E-state index in [0.29, 0.717) is 57.8 Å². The van der Waals surface area contributed by atoms with Gasteiger partial charge in [-0.25, -0.2) is 13.4 Å². The van der Waals surface area contributed by atoms with E-state index < -0.39 is 20.9 Å². The van der Waals surface area contributed by atoms with Crippen molar-refractivity contribution in [2.24, 2.45) is 0 Å². The number of fused-ring (bicyclic) bond motifs is 1. The molecule has 0 aliphatic heterocycles. The monoisotopic (exact) mass is 516 g/mol. The van der Waals surface area contributed by atoms with Gasteiger partial charge in [-0.1, -0.05) is 17.3 Å². The highest BCUT2D eigenvalue weighted by Gasteiger charge is 2.40. The van der Waals surface area contributed by atoms with Crippen LogP contribution >= 0.6 is 0 Å². The first kappa shape index (κ1) is 23.3. The number of aromatic amines is 1. The Morgan fingerprint density at radius 3 is 2.27 bits per heavy atom. The zero-order valence-electron chi connectivity index (χ0n) is 20.1. The van der Waals surface area contributed by atoms with Crippen LogP contribution in [-0.2, 0) is 15.6 Å². The van der Waals surface area contributed by atoms with Crippen LogP contribution in [0.3, 0.4) is 0 Å². The molecule has 4 aromatic heterocycles. The maximum Gasteiger partial charge on any atom is 0.237 e. The van der Waals surface area contributed by atoms with Gasteiger partial charge >= 0.3 is 0 Å². The van der Waals surface area contributed by atoms with Gasteiger partial charge in [0.2, 0.25) is 16.0 Å². The quantitative estimate of drug-likeness (QED) is 0.296. The van der Waals surface area contributed by atoms with Crippen molar-refractivity contribution in [3.8, 4) is 11.1 Å². The number of hydrogen-bond donors (Lipinski definition) is 3. The molecule has 6 rings (SSSR count). The summed E-state index contributed by atoms with van der Waals surface area (Å²) < 4.78 is 33.3. The summed E-state index contributed by atoms with van der Waals surface area (Å²) in [6.07, 6.45) is 4.43. The number of nitrogens with zero attached hydrogens (tertiary/aromatic N) is 4. The molecule has 1 aromatic carbocycles. The molecular weight excluding hydrogens is 492 g/mol. The molecule has 188 valence electrons. The largest absolute Gasteiger partial charge is 0.373 e. The van der Waals surface area contributed by atoms with Crippen molar-refractivity contribution in [2.45, 2.75) is 37.5 Å². The lowest BCUT2D eigenvalue weighted by Crippen LogP contribution is -2.31. The molecule has 1 aliphatic rings. The van der Waals surface area contributed by atoms with Gasteiger partial charge in [-0.05, 0) is 68.7 Å². The van der Waals surface area contributed by atoms with E-state index in [-0.39, 0.29) is 5.95 Å². The average molecular weight is 517 g/mol. The van der Waals surface area contributed by atoms with Crippen molar-refractivity contribution in [3.05, 3.63) is 89.3 Å². The molecule has 1 saturated carbocycles. The number of aryl methyl sites for hydroxylation is 2. The topological polar surface area (TPSA) is 147 Å². The number of aromatic nitrogens is 5. The number of hydrogen-bond acceptors (Lipinski definition) is 8. The number of aliphatic hydroxyl groups is 1. The Labute approximate surface area is 212 Å². The summed E-state index contributed by atoms with van der Waals surface area (Å²) in [6.45, 7) is 3.65. The van der Waals surface area contributed by atoms with Crippen molar-refractivity contribution in [1.29, 1.82) is 0 Å². The van der Waals surface area contributed by atoms with Crippen LogP contribution in [-0.4, -0.2) is 43.9 Å². The minimum Gasteiger partial charge on any atom is -0.373 e. The van der Waals surface area contributed by atoms with Crippen LogP contribution in [0.1, 0.15) is 41.2 Å². The van der Waals surface area contributed by atoms with Crippen molar-refractivity contribution < 1.29 is 18.0 Å². The Morgan fingerprint density at radius 2 is 1.73 bits per heavy atom. The van der Waals surface area contributed by atoms with E-state index in [1.807, 2.05) is 19.9 Å². The van der Waals surface area contributed by atoms with Gasteiger partial charge in [-0.2, -0.15) is 0 Å². The van der Waals surface area contributed by atoms with E-state index in [2.05, 4.69) is 29.8 Å². The minimum absolute atomic E-state index is 0.0726. The predicted octanol–water partition coefficient (Wildman–Crippen LogP) is 3.81. The Bertz CT molecular complexity index is 1650. The number of benzene rings is 1. The molecule has 0 spiro atoms. The summed E-state index contributed by atoms with van der Waals surface area (Å²) in [5.41, 5.74) is 2.31. The lowest BCUT2D eigenvalue weighted by molar-refractivity contribution is 0.117. The number of H-pyrrole nitrogens is 1. The lowest BCUT2D eigenvalue weighted by Gasteiger charge is -2.28. The third-order valence-corrected chi connectivity index (χ3v) is 8.40. The van der Waals surface area contributed by atoms with Crippen molar-refractivity contribution >= 4 is 27.0 Å². The van der Waals surface area contributed by atoms with Crippen LogP contribution in [0.5, 0.6) is 0 Å². The number of anilines is 1. The fourth-order valence-corrected chi connectivity index (χ4v) is 5.93. The summed E-state index contributed by atoms with van der Waals surface area (Å²) in [5.74, 6) is 0.680. The van der Waals surface area contributed by atoms with Gasteiger partial charge in [0, 0.05) is 23.5 Å². The van der Waals surface area contributed by atoms with Crippen LogP contribution in [0.15, 0.2) is 65.4 Å². The first-order valence-corrected chi connectivity index (χ1v) is 13.4. The standard InChI is InChI=1S/C26H24N6O4S/c1-15-23(16(2)36-31-15)17-13-19(24-20(14-17)29-25(30-24)32-37(34,35)18-9-10-18)26(33,21-7-3-5-11-27-21)22-8-4-6-12-28-22/h3-8,11-14,18,33H,9-10H2,1-2H3,(H2,29,30,32).